The highest BCUT2D eigenvalue weighted by Crippen LogP contribution is 2.26. The van der Waals surface area contributed by atoms with Gasteiger partial charge in [0.25, 0.3) is 0 Å². The third-order valence-electron chi connectivity index (χ3n) is 4.19. The number of piperidine rings is 1. The first-order valence-electron chi connectivity index (χ1n) is 7.52. The van der Waals surface area contributed by atoms with Crippen molar-refractivity contribution in [2.45, 2.75) is 18.8 Å². The Morgan fingerprint density at radius 1 is 1.14 bits per heavy atom. The second kappa shape index (κ2) is 6.46. The van der Waals surface area contributed by atoms with Gasteiger partial charge in [-0.1, -0.05) is 12.1 Å². The molecule has 4 rings (SSSR count). The van der Waals surface area contributed by atoms with Crippen LogP contribution < -0.4 is 5.32 Å². The standard InChI is InChI=1S/C17H18N4.ClH/c1-2-10-21-17(8-1)14(12-19-21)16-7-3-6-15(20-16)13-5-4-9-18-11-13;/h1-3,6-8,10,12-13,18H,4-5,9,11H2;1H. The van der Waals surface area contributed by atoms with Crippen LogP contribution in [0, 0.1) is 0 Å². The number of rotatable bonds is 2. The lowest BCUT2D eigenvalue weighted by atomic mass is 9.95. The molecule has 1 aliphatic rings. The predicted octanol–water partition coefficient (Wildman–Crippen LogP) is 3.29. The first-order valence-corrected chi connectivity index (χ1v) is 7.52. The van der Waals surface area contributed by atoms with E-state index in [2.05, 4.69) is 34.7 Å². The fraction of sp³-hybridized carbons (Fsp3) is 0.294. The predicted molar refractivity (Wildman–Crippen MR) is 90.5 cm³/mol. The highest BCUT2D eigenvalue weighted by molar-refractivity contribution is 5.85. The largest absolute Gasteiger partial charge is 0.316 e. The summed E-state index contributed by atoms with van der Waals surface area (Å²) in [5.41, 5.74) is 4.40. The summed E-state index contributed by atoms with van der Waals surface area (Å²) in [5, 5.41) is 7.86. The Labute approximate surface area is 136 Å². The first kappa shape index (κ1) is 15.0. The molecule has 0 bridgehead atoms. The second-order valence-corrected chi connectivity index (χ2v) is 5.58. The Morgan fingerprint density at radius 3 is 2.95 bits per heavy atom. The first-order chi connectivity index (χ1) is 10.4. The lowest BCUT2D eigenvalue weighted by Gasteiger charge is -2.22. The van der Waals surface area contributed by atoms with E-state index in [0.29, 0.717) is 5.92 Å². The van der Waals surface area contributed by atoms with Crippen LogP contribution in [0.1, 0.15) is 24.5 Å². The van der Waals surface area contributed by atoms with Crippen LogP contribution in [0.15, 0.2) is 48.8 Å². The van der Waals surface area contributed by atoms with E-state index in [-0.39, 0.29) is 12.4 Å². The van der Waals surface area contributed by atoms with Gasteiger partial charge in [0.2, 0.25) is 0 Å². The summed E-state index contributed by atoms with van der Waals surface area (Å²) in [6, 6.07) is 12.4. The molecule has 0 amide bonds. The lowest BCUT2D eigenvalue weighted by Crippen LogP contribution is -2.28. The van der Waals surface area contributed by atoms with E-state index >= 15 is 0 Å². The fourth-order valence-corrected chi connectivity index (χ4v) is 3.06. The number of nitrogens with one attached hydrogen (secondary N) is 1. The Kier molecular flexibility index (Phi) is 4.41. The van der Waals surface area contributed by atoms with E-state index < -0.39 is 0 Å². The van der Waals surface area contributed by atoms with Crippen molar-refractivity contribution in [3.8, 4) is 11.3 Å². The van der Waals surface area contributed by atoms with Crippen molar-refractivity contribution in [2.75, 3.05) is 13.1 Å². The number of pyridine rings is 2. The third-order valence-corrected chi connectivity index (χ3v) is 4.19. The SMILES string of the molecule is Cl.c1cc(-c2cnn3ccccc23)nc(C2CCCNC2)c1. The minimum Gasteiger partial charge on any atom is -0.316 e. The Balaban J connectivity index is 0.00000144. The Hall–Kier alpha value is -1.91. The molecule has 1 aliphatic heterocycles. The van der Waals surface area contributed by atoms with Crippen molar-refractivity contribution in [3.63, 3.8) is 0 Å². The van der Waals surface area contributed by atoms with Crippen molar-refractivity contribution in [2.24, 2.45) is 0 Å². The van der Waals surface area contributed by atoms with Gasteiger partial charge in [-0.25, -0.2) is 4.52 Å². The zero-order chi connectivity index (χ0) is 14.1. The minimum atomic E-state index is 0. The molecule has 1 N–H and O–H groups in total. The molecule has 3 aromatic heterocycles. The van der Waals surface area contributed by atoms with E-state index in [1.165, 1.54) is 18.5 Å². The van der Waals surface area contributed by atoms with Crippen molar-refractivity contribution in [1.29, 1.82) is 0 Å². The van der Waals surface area contributed by atoms with Crippen molar-refractivity contribution >= 4 is 17.9 Å². The molecule has 1 atom stereocenters. The highest BCUT2D eigenvalue weighted by Gasteiger charge is 2.17. The summed E-state index contributed by atoms with van der Waals surface area (Å²) in [6.45, 7) is 2.16. The van der Waals surface area contributed by atoms with E-state index in [9.17, 15) is 0 Å². The van der Waals surface area contributed by atoms with Crippen LogP contribution in [0.3, 0.4) is 0 Å². The van der Waals surface area contributed by atoms with Crippen LogP contribution in [0.25, 0.3) is 16.8 Å². The van der Waals surface area contributed by atoms with Crippen molar-refractivity contribution in [3.05, 3.63) is 54.5 Å². The molecule has 4 heterocycles. The molecule has 22 heavy (non-hydrogen) atoms. The van der Waals surface area contributed by atoms with E-state index in [4.69, 9.17) is 4.98 Å². The lowest BCUT2D eigenvalue weighted by molar-refractivity contribution is 0.455. The van der Waals surface area contributed by atoms with E-state index in [0.717, 1.165) is 29.9 Å². The van der Waals surface area contributed by atoms with Crippen LogP contribution >= 0.6 is 12.4 Å². The molecule has 0 spiro atoms. The number of hydrogen-bond acceptors (Lipinski definition) is 3. The molecule has 0 radical (unpaired) electrons. The number of fused-ring (bicyclic) bond motifs is 1. The van der Waals surface area contributed by atoms with Gasteiger partial charge in [-0.15, -0.1) is 12.4 Å². The number of halogens is 1. The Morgan fingerprint density at radius 2 is 2.09 bits per heavy atom. The van der Waals surface area contributed by atoms with Gasteiger partial charge in [-0.05, 0) is 43.7 Å². The maximum atomic E-state index is 4.90. The summed E-state index contributed by atoms with van der Waals surface area (Å²) < 4.78 is 1.89. The summed E-state index contributed by atoms with van der Waals surface area (Å²) in [5.74, 6) is 0.528. The summed E-state index contributed by atoms with van der Waals surface area (Å²) >= 11 is 0. The van der Waals surface area contributed by atoms with Gasteiger partial charge in [-0.3, -0.25) is 4.98 Å². The molecule has 1 unspecified atom stereocenters. The second-order valence-electron chi connectivity index (χ2n) is 5.58. The topological polar surface area (TPSA) is 42.2 Å². The molecular formula is C17H19ClN4. The van der Waals surface area contributed by atoms with Crippen molar-refractivity contribution in [1.82, 2.24) is 19.9 Å². The molecule has 5 heteroatoms. The third kappa shape index (κ3) is 2.72. The molecule has 1 fully saturated rings. The average Bonchev–Trinajstić information content (AvgIpc) is 3.00. The normalized spacial score (nSPS) is 18.1. The maximum Gasteiger partial charge on any atom is 0.0755 e. The smallest absolute Gasteiger partial charge is 0.0755 e. The summed E-state index contributed by atoms with van der Waals surface area (Å²) in [6.07, 6.45) is 6.32. The van der Waals surface area contributed by atoms with Crippen LogP contribution in [-0.4, -0.2) is 27.7 Å². The monoisotopic (exact) mass is 314 g/mol. The summed E-state index contributed by atoms with van der Waals surface area (Å²) in [4.78, 5) is 4.90. The number of hydrogen-bond donors (Lipinski definition) is 1. The fourth-order valence-electron chi connectivity index (χ4n) is 3.06. The zero-order valence-corrected chi connectivity index (χ0v) is 13.1. The highest BCUT2D eigenvalue weighted by atomic mass is 35.5. The van der Waals surface area contributed by atoms with Crippen LogP contribution in [-0.2, 0) is 0 Å². The van der Waals surface area contributed by atoms with Gasteiger partial charge in [0.1, 0.15) is 0 Å². The number of nitrogens with zero attached hydrogens (tertiary/aromatic N) is 3. The molecule has 0 aromatic carbocycles. The van der Waals surface area contributed by atoms with Crippen LogP contribution in [0.2, 0.25) is 0 Å². The van der Waals surface area contributed by atoms with Crippen LogP contribution in [0.5, 0.6) is 0 Å². The summed E-state index contributed by atoms with van der Waals surface area (Å²) in [7, 11) is 0. The molecule has 0 aliphatic carbocycles. The van der Waals surface area contributed by atoms with Gasteiger partial charge in [-0.2, -0.15) is 5.10 Å². The maximum absolute atomic E-state index is 4.90. The molecule has 4 nitrogen and oxygen atoms in total. The van der Waals surface area contributed by atoms with Gasteiger partial charge < -0.3 is 5.32 Å². The number of aromatic nitrogens is 3. The Bertz CT molecular complexity index is 762. The quantitative estimate of drug-likeness (QED) is 0.789. The zero-order valence-electron chi connectivity index (χ0n) is 12.3. The molecular weight excluding hydrogens is 296 g/mol. The van der Waals surface area contributed by atoms with E-state index in [1.54, 1.807) is 0 Å². The molecule has 114 valence electrons. The van der Waals surface area contributed by atoms with Gasteiger partial charge in [0.15, 0.2) is 0 Å². The average molecular weight is 315 g/mol. The van der Waals surface area contributed by atoms with Gasteiger partial charge >= 0.3 is 0 Å². The molecule has 0 saturated carbocycles. The minimum absolute atomic E-state index is 0. The molecule has 3 aromatic rings. The van der Waals surface area contributed by atoms with Crippen LogP contribution in [0.4, 0.5) is 0 Å². The molecule has 1 saturated heterocycles. The van der Waals surface area contributed by atoms with Crippen molar-refractivity contribution < 1.29 is 0 Å². The van der Waals surface area contributed by atoms with E-state index in [1.807, 2.05) is 29.0 Å². The van der Waals surface area contributed by atoms with Gasteiger partial charge in [0, 0.05) is 29.9 Å². The van der Waals surface area contributed by atoms with Gasteiger partial charge in [0.05, 0.1) is 17.4 Å².